The molecule has 11 heteroatoms. The standard InChI is InChI=1S/C25H24N6O4S/c1-14-9-16(15-7-5-6-8-20(15)34-3)17(10-26-14)22(32)28-25-27-19-12-31(13-21(19)36-25)24(33)18-11-30(2)29-23(18)35-4/h5-11H,12-13H2,1-4H3,(H,27,28,32). The van der Waals surface area contributed by atoms with Crippen LogP contribution >= 0.6 is 11.3 Å². The highest BCUT2D eigenvalue weighted by Crippen LogP contribution is 2.35. The van der Waals surface area contributed by atoms with E-state index in [-0.39, 0.29) is 17.7 Å². The van der Waals surface area contributed by atoms with Crippen molar-refractivity contribution in [3.05, 3.63) is 70.1 Å². The Kier molecular flexibility index (Phi) is 6.15. The lowest BCUT2D eigenvalue weighted by Crippen LogP contribution is -2.25. The van der Waals surface area contributed by atoms with Crippen molar-refractivity contribution in [3.63, 3.8) is 0 Å². The number of nitrogens with one attached hydrogen (secondary N) is 1. The van der Waals surface area contributed by atoms with E-state index in [0.717, 1.165) is 27.4 Å². The van der Waals surface area contributed by atoms with Crippen LogP contribution < -0.4 is 14.8 Å². The van der Waals surface area contributed by atoms with Crippen molar-refractivity contribution in [1.82, 2.24) is 24.6 Å². The molecule has 0 atom stereocenters. The molecular formula is C25H24N6O4S. The number of aromatic nitrogens is 4. The molecule has 36 heavy (non-hydrogen) atoms. The molecule has 1 aliphatic heterocycles. The lowest BCUT2D eigenvalue weighted by molar-refractivity contribution is 0.0747. The van der Waals surface area contributed by atoms with Crippen LogP contribution in [0.15, 0.2) is 42.7 Å². The van der Waals surface area contributed by atoms with Crippen LogP contribution in [0.5, 0.6) is 11.6 Å². The largest absolute Gasteiger partial charge is 0.496 e. The van der Waals surface area contributed by atoms with Crippen LogP contribution in [0, 0.1) is 6.92 Å². The number of fused-ring (bicyclic) bond motifs is 1. The van der Waals surface area contributed by atoms with Crippen molar-refractivity contribution in [2.45, 2.75) is 20.0 Å². The molecule has 0 spiro atoms. The number of carbonyl (C=O) groups excluding carboxylic acids is 2. The Labute approximate surface area is 211 Å². The van der Waals surface area contributed by atoms with E-state index in [9.17, 15) is 9.59 Å². The van der Waals surface area contributed by atoms with Gasteiger partial charge in [-0.25, -0.2) is 4.98 Å². The van der Waals surface area contributed by atoms with Crippen LogP contribution in [0.2, 0.25) is 0 Å². The number of amides is 2. The number of aryl methyl sites for hydroxylation is 2. The molecule has 184 valence electrons. The zero-order valence-electron chi connectivity index (χ0n) is 20.2. The molecule has 1 N–H and O–H groups in total. The van der Waals surface area contributed by atoms with Gasteiger partial charge >= 0.3 is 0 Å². The van der Waals surface area contributed by atoms with Gasteiger partial charge in [0.1, 0.15) is 11.3 Å². The summed E-state index contributed by atoms with van der Waals surface area (Å²) >= 11 is 1.35. The van der Waals surface area contributed by atoms with Crippen molar-refractivity contribution in [2.24, 2.45) is 7.05 Å². The molecule has 1 aliphatic rings. The minimum Gasteiger partial charge on any atom is -0.496 e. The fourth-order valence-corrected chi connectivity index (χ4v) is 5.15. The maximum Gasteiger partial charge on any atom is 0.261 e. The third-order valence-electron chi connectivity index (χ3n) is 5.86. The number of benzene rings is 1. The molecule has 0 unspecified atom stereocenters. The molecule has 0 aliphatic carbocycles. The van der Waals surface area contributed by atoms with Gasteiger partial charge in [0, 0.05) is 36.3 Å². The molecule has 1 aromatic carbocycles. The van der Waals surface area contributed by atoms with Crippen molar-refractivity contribution < 1.29 is 19.1 Å². The number of thiazole rings is 1. The third-order valence-corrected chi connectivity index (χ3v) is 6.86. The summed E-state index contributed by atoms with van der Waals surface area (Å²) in [4.78, 5) is 37.8. The summed E-state index contributed by atoms with van der Waals surface area (Å²) in [5.41, 5.74) is 3.90. The van der Waals surface area contributed by atoms with Gasteiger partial charge in [0.2, 0.25) is 5.88 Å². The number of rotatable bonds is 6. The Bertz CT molecular complexity index is 1450. The van der Waals surface area contributed by atoms with Crippen LogP contribution in [0.4, 0.5) is 5.13 Å². The summed E-state index contributed by atoms with van der Waals surface area (Å²) in [7, 11) is 4.82. The first-order valence-corrected chi connectivity index (χ1v) is 12.0. The zero-order valence-corrected chi connectivity index (χ0v) is 21.0. The molecule has 5 rings (SSSR count). The van der Waals surface area contributed by atoms with E-state index in [4.69, 9.17) is 9.47 Å². The highest BCUT2D eigenvalue weighted by molar-refractivity contribution is 7.16. The number of carbonyl (C=O) groups is 2. The molecular weight excluding hydrogens is 480 g/mol. The monoisotopic (exact) mass is 504 g/mol. The second kappa shape index (κ2) is 9.42. The van der Waals surface area contributed by atoms with Crippen molar-refractivity contribution in [2.75, 3.05) is 19.5 Å². The van der Waals surface area contributed by atoms with E-state index < -0.39 is 0 Å². The molecule has 0 radical (unpaired) electrons. The topological polar surface area (TPSA) is 111 Å². The predicted octanol–water partition coefficient (Wildman–Crippen LogP) is 3.67. The van der Waals surface area contributed by atoms with Crippen LogP contribution in [0.25, 0.3) is 11.1 Å². The van der Waals surface area contributed by atoms with Gasteiger partial charge in [-0.1, -0.05) is 29.5 Å². The Morgan fingerprint density at radius 1 is 1.08 bits per heavy atom. The van der Waals surface area contributed by atoms with Crippen molar-refractivity contribution in [1.29, 1.82) is 0 Å². The molecule has 3 aromatic heterocycles. The zero-order chi connectivity index (χ0) is 25.4. The first-order valence-electron chi connectivity index (χ1n) is 11.1. The van der Waals surface area contributed by atoms with E-state index in [0.29, 0.717) is 35.1 Å². The smallest absolute Gasteiger partial charge is 0.261 e. The average Bonchev–Trinajstić information content (AvgIpc) is 3.56. The van der Waals surface area contributed by atoms with E-state index in [1.54, 1.807) is 36.1 Å². The van der Waals surface area contributed by atoms with Gasteiger partial charge in [-0.2, -0.15) is 0 Å². The molecule has 4 heterocycles. The number of hydrogen-bond acceptors (Lipinski definition) is 8. The second-order valence-corrected chi connectivity index (χ2v) is 9.39. The average molecular weight is 505 g/mol. The Morgan fingerprint density at radius 2 is 1.89 bits per heavy atom. The summed E-state index contributed by atoms with van der Waals surface area (Å²) < 4.78 is 12.3. The van der Waals surface area contributed by atoms with E-state index in [2.05, 4.69) is 20.4 Å². The van der Waals surface area contributed by atoms with Gasteiger partial charge in [0.25, 0.3) is 11.8 Å². The Balaban J connectivity index is 1.34. The lowest BCUT2D eigenvalue weighted by atomic mass is 9.99. The Hall–Kier alpha value is -4.25. The molecule has 0 fully saturated rings. The Morgan fingerprint density at radius 3 is 2.64 bits per heavy atom. The van der Waals surface area contributed by atoms with Gasteiger partial charge in [-0.3, -0.25) is 24.6 Å². The highest BCUT2D eigenvalue weighted by atomic mass is 32.1. The van der Waals surface area contributed by atoms with Gasteiger partial charge < -0.3 is 14.4 Å². The molecule has 10 nitrogen and oxygen atoms in total. The number of para-hydroxylation sites is 1. The van der Waals surface area contributed by atoms with Gasteiger partial charge in [0.05, 0.1) is 43.4 Å². The third kappa shape index (κ3) is 4.29. The first kappa shape index (κ1) is 23.5. The normalized spacial score (nSPS) is 12.4. The summed E-state index contributed by atoms with van der Waals surface area (Å²) in [5, 5.41) is 7.53. The summed E-state index contributed by atoms with van der Waals surface area (Å²) in [5.74, 6) is 0.461. The maximum absolute atomic E-state index is 13.3. The lowest BCUT2D eigenvalue weighted by Gasteiger charge is -2.15. The molecule has 0 bridgehead atoms. The van der Waals surface area contributed by atoms with Gasteiger partial charge in [0.15, 0.2) is 5.13 Å². The number of methoxy groups -OCH3 is 2. The fraction of sp³-hybridized carbons (Fsp3) is 0.240. The summed E-state index contributed by atoms with van der Waals surface area (Å²) in [6, 6.07) is 9.41. The number of pyridine rings is 1. The van der Waals surface area contributed by atoms with Crippen LogP contribution in [-0.2, 0) is 20.1 Å². The molecule has 0 saturated carbocycles. The van der Waals surface area contributed by atoms with Crippen LogP contribution in [-0.4, -0.2) is 50.7 Å². The molecule has 0 saturated heterocycles. The van der Waals surface area contributed by atoms with Gasteiger partial charge in [-0.05, 0) is 19.1 Å². The van der Waals surface area contributed by atoms with Crippen molar-refractivity contribution in [3.8, 4) is 22.8 Å². The fourth-order valence-electron chi connectivity index (χ4n) is 4.17. The summed E-state index contributed by atoms with van der Waals surface area (Å²) in [6.45, 7) is 2.62. The second-order valence-electron chi connectivity index (χ2n) is 8.30. The van der Waals surface area contributed by atoms with E-state index in [1.165, 1.54) is 18.4 Å². The SMILES string of the molecule is COc1ccccc1-c1cc(C)ncc1C(=O)Nc1nc2c(s1)CN(C(=O)c1cn(C)nc1OC)C2. The number of ether oxygens (including phenoxy) is 2. The molecule has 4 aromatic rings. The van der Waals surface area contributed by atoms with E-state index >= 15 is 0 Å². The summed E-state index contributed by atoms with van der Waals surface area (Å²) in [6.07, 6.45) is 3.21. The van der Waals surface area contributed by atoms with Crippen LogP contribution in [0.3, 0.4) is 0 Å². The highest BCUT2D eigenvalue weighted by Gasteiger charge is 2.31. The number of hydrogen-bond donors (Lipinski definition) is 1. The maximum atomic E-state index is 13.3. The predicted molar refractivity (Wildman–Crippen MR) is 134 cm³/mol. The minimum atomic E-state index is -0.316. The van der Waals surface area contributed by atoms with Crippen molar-refractivity contribution >= 4 is 28.3 Å². The number of nitrogens with zero attached hydrogens (tertiary/aromatic N) is 5. The van der Waals surface area contributed by atoms with E-state index in [1.807, 2.05) is 37.3 Å². The van der Waals surface area contributed by atoms with Crippen LogP contribution in [0.1, 0.15) is 37.0 Å². The van der Waals surface area contributed by atoms with Gasteiger partial charge in [-0.15, -0.1) is 5.10 Å². The number of anilines is 1. The minimum absolute atomic E-state index is 0.178. The molecule has 2 amide bonds. The first-order chi connectivity index (χ1) is 17.4. The quantitative estimate of drug-likeness (QED) is 0.426.